The first-order valence-corrected chi connectivity index (χ1v) is 3.30. The van der Waals surface area contributed by atoms with E-state index in [1.807, 2.05) is 0 Å². The second kappa shape index (κ2) is 2.39. The first-order chi connectivity index (χ1) is 4.91. The summed E-state index contributed by atoms with van der Waals surface area (Å²) in [5.41, 5.74) is 5.16. The molecule has 0 fully saturated rings. The summed E-state index contributed by atoms with van der Waals surface area (Å²) in [6.45, 7) is 1.43. The summed E-state index contributed by atoms with van der Waals surface area (Å²) in [5.74, 6) is -1.26. The van der Waals surface area contributed by atoms with Gasteiger partial charge in [0.15, 0.2) is 0 Å². The van der Waals surface area contributed by atoms with Crippen LogP contribution in [-0.2, 0) is 0 Å². The number of alkyl halides is 3. The molecule has 2 atom stereocenters. The minimum Gasteiger partial charge on any atom is -0.387 e. The molecule has 2 nitrogen and oxygen atoms in total. The van der Waals surface area contributed by atoms with E-state index in [2.05, 4.69) is 4.99 Å². The van der Waals surface area contributed by atoms with Crippen molar-refractivity contribution >= 4 is 5.84 Å². The molecule has 1 heterocycles. The van der Waals surface area contributed by atoms with Gasteiger partial charge in [-0.25, -0.2) is 0 Å². The summed E-state index contributed by atoms with van der Waals surface area (Å²) < 4.78 is 36.2. The number of nitrogens with two attached hydrogens (primary N) is 1. The Balaban J connectivity index is 2.67. The number of hydrogen-bond donors (Lipinski definition) is 1. The Morgan fingerprint density at radius 2 is 2.09 bits per heavy atom. The van der Waals surface area contributed by atoms with Crippen LogP contribution in [0.25, 0.3) is 0 Å². The van der Waals surface area contributed by atoms with Gasteiger partial charge < -0.3 is 5.73 Å². The van der Waals surface area contributed by atoms with Crippen LogP contribution in [-0.4, -0.2) is 18.1 Å². The van der Waals surface area contributed by atoms with E-state index in [0.717, 1.165) is 0 Å². The molecular formula is C6H9F3N2. The Morgan fingerprint density at radius 3 is 2.27 bits per heavy atom. The molecule has 1 rings (SSSR count). The van der Waals surface area contributed by atoms with Crippen LogP contribution in [0.5, 0.6) is 0 Å². The fourth-order valence-corrected chi connectivity index (χ4v) is 1.19. The predicted octanol–water partition coefficient (Wildman–Crippen LogP) is 1.31. The van der Waals surface area contributed by atoms with E-state index in [1.54, 1.807) is 0 Å². The van der Waals surface area contributed by atoms with Gasteiger partial charge in [0.1, 0.15) is 0 Å². The van der Waals surface area contributed by atoms with Crippen LogP contribution in [0.1, 0.15) is 13.3 Å². The van der Waals surface area contributed by atoms with Crippen LogP contribution in [0.4, 0.5) is 13.2 Å². The van der Waals surface area contributed by atoms with Crippen molar-refractivity contribution in [1.29, 1.82) is 0 Å². The molecular weight excluding hydrogens is 157 g/mol. The summed E-state index contributed by atoms with van der Waals surface area (Å²) in [6, 6.07) is -0.713. The molecule has 0 amide bonds. The third-order valence-corrected chi connectivity index (χ3v) is 1.80. The lowest BCUT2D eigenvalue weighted by Gasteiger charge is -2.16. The quantitative estimate of drug-likeness (QED) is 0.579. The number of nitrogens with zero attached hydrogens (tertiary/aromatic N) is 1. The molecule has 5 heteroatoms. The molecule has 0 aromatic carbocycles. The van der Waals surface area contributed by atoms with Crippen molar-refractivity contribution in [2.75, 3.05) is 0 Å². The molecule has 0 radical (unpaired) electrons. The maximum Gasteiger partial charge on any atom is 0.394 e. The SMILES string of the molecule is CC1N=C(N)CC1C(F)(F)F. The van der Waals surface area contributed by atoms with Gasteiger partial charge >= 0.3 is 6.18 Å². The summed E-state index contributed by atoms with van der Waals surface area (Å²) >= 11 is 0. The second-order valence-corrected chi connectivity index (χ2v) is 2.71. The third-order valence-electron chi connectivity index (χ3n) is 1.80. The molecule has 0 saturated carbocycles. The van der Waals surface area contributed by atoms with Crippen molar-refractivity contribution in [2.45, 2.75) is 25.6 Å². The van der Waals surface area contributed by atoms with Gasteiger partial charge in [-0.3, -0.25) is 4.99 Å². The number of amidine groups is 1. The molecule has 1 aliphatic heterocycles. The molecule has 11 heavy (non-hydrogen) atoms. The van der Waals surface area contributed by atoms with E-state index in [-0.39, 0.29) is 12.3 Å². The molecule has 2 unspecified atom stereocenters. The maximum atomic E-state index is 12.1. The average Bonchev–Trinajstić information content (AvgIpc) is 2.08. The number of hydrogen-bond acceptors (Lipinski definition) is 2. The lowest BCUT2D eigenvalue weighted by Crippen LogP contribution is -2.29. The smallest absolute Gasteiger partial charge is 0.387 e. The van der Waals surface area contributed by atoms with Crippen molar-refractivity contribution in [1.82, 2.24) is 0 Å². The minimum absolute atomic E-state index is 0.111. The normalized spacial score (nSPS) is 32.2. The van der Waals surface area contributed by atoms with Gasteiger partial charge in [0.2, 0.25) is 0 Å². The van der Waals surface area contributed by atoms with Gasteiger partial charge in [-0.2, -0.15) is 13.2 Å². The lowest BCUT2D eigenvalue weighted by atomic mass is 10.0. The monoisotopic (exact) mass is 166 g/mol. The average molecular weight is 166 g/mol. The maximum absolute atomic E-state index is 12.1. The van der Waals surface area contributed by atoms with E-state index in [9.17, 15) is 13.2 Å². The summed E-state index contributed by atoms with van der Waals surface area (Å²) in [4.78, 5) is 3.61. The minimum atomic E-state index is -4.16. The van der Waals surface area contributed by atoms with Crippen LogP contribution in [0, 0.1) is 5.92 Å². The van der Waals surface area contributed by atoms with Gasteiger partial charge in [-0.05, 0) is 6.92 Å². The Morgan fingerprint density at radius 1 is 1.55 bits per heavy atom. The summed E-state index contributed by atoms with van der Waals surface area (Å²) in [5, 5.41) is 0. The van der Waals surface area contributed by atoms with Gasteiger partial charge in [0.05, 0.1) is 17.8 Å². The van der Waals surface area contributed by atoms with Crippen LogP contribution in [0.15, 0.2) is 4.99 Å². The zero-order valence-electron chi connectivity index (χ0n) is 6.02. The Hall–Kier alpha value is -0.740. The highest BCUT2D eigenvalue weighted by molar-refractivity contribution is 5.82. The largest absolute Gasteiger partial charge is 0.394 e. The zero-order chi connectivity index (χ0) is 8.65. The highest BCUT2D eigenvalue weighted by Gasteiger charge is 2.45. The standard InChI is InChI=1S/C6H9F3N2/c1-3-4(6(7,8)9)2-5(10)11-3/h3-4H,2H2,1H3,(H2,10,11). The molecule has 0 aromatic heterocycles. The molecule has 64 valence electrons. The van der Waals surface area contributed by atoms with Crippen LogP contribution < -0.4 is 5.73 Å². The van der Waals surface area contributed by atoms with Gasteiger partial charge in [-0.15, -0.1) is 0 Å². The highest BCUT2D eigenvalue weighted by Crippen LogP contribution is 2.35. The van der Waals surface area contributed by atoms with Gasteiger partial charge in [0, 0.05) is 6.42 Å². The number of halogens is 3. The highest BCUT2D eigenvalue weighted by atomic mass is 19.4. The van der Waals surface area contributed by atoms with Crippen LogP contribution in [0.2, 0.25) is 0 Å². The summed E-state index contributed by atoms with van der Waals surface area (Å²) in [7, 11) is 0. The molecule has 0 aromatic rings. The van der Waals surface area contributed by atoms with E-state index >= 15 is 0 Å². The van der Waals surface area contributed by atoms with Gasteiger partial charge in [0.25, 0.3) is 0 Å². The fraction of sp³-hybridized carbons (Fsp3) is 0.833. The lowest BCUT2D eigenvalue weighted by molar-refractivity contribution is -0.174. The van der Waals surface area contributed by atoms with Gasteiger partial charge in [-0.1, -0.05) is 0 Å². The van der Waals surface area contributed by atoms with Crippen molar-refractivity contribution in [2.24, 2.45) is 16.6 Å². The first-order valence-electron chi connectivity index (χ1n) is 3.30. The molecule has 0 aliphatic carbocycles. The molecule has 2 N–H and O–H groups in total. The topological polar surface area (TPSA) is 38.4 Å². The number of aliphatic imine (C=N–C) groups is 1. The third kappa shape index (κ3) is 1.64. The van der Waals surface area contributed by atoms with E-state index < -0.39 is 18.1 Å². The Labute approximate surface area is 62.3 Å². The zero-order valence-corrected chi connectivity index (χ0v) is 6.02. The molecule has 0 bridgehead atoms. The first kappa shape index (κ1) is 8.36. The van der Waals surface area contributed by atoms with Crippen molar-refractivity contribution < 1.29 is 13.2 Å². The van der Waals surface area contributed by atoms with E-state index in [1.165, 1.54) is 6.92 Å². The predicted molar refractivity (Wildman–Crippen MR) is 35.2 cm³/mol. The summed E-state index contributed by atoms with van der Waals surface area (Å²) in [6.07, 6.45) is -4.31. The van der Waals surface area contributed by atoms with Crippen molar-refractivity contribution in [3.63, 3.8) is 0 Å². The van der Waals surface area contributed by atoms with Crippen molar-refractivity contribution in [3.05, 3.63) is 0 Å². The Bertz CT molecular complexity index is 185. The number of rotatable bonds is 0. The van der Waals surface area contributed by atoms with Crippen molar-refractivity contribution in [3.8, 4) is 0 Å². The molecule has 0 saturated heterocycles. The molecule has 1 aliphatic rings. The van der Waals surface area contributed by atoms with Crippen LogP contribution >= 0.6 is 0 Å². The molecule has 0 spiro atoms. The fourth-order valence-electron chi connectivity index (χ4n) is 1.19. The second-order valence-electron chi connectivity index (χ2n) is 2.71. The van der Waals surface area contributed by atoms with E-state index in [4.69, 9.17) is 5.73 Å². The van der Waals surface area contributed by atoms with E-state index in [0.29, 0.717) is 0 Å². The van der Waals surface area contributed by atoms with Crippen LogP contribution in [0.3, 0.4) is 0 Å². The Kier molecular flexibility index (Phi) is 1.82.